The Bertz CT molecular complexity index is 331. The van der Waals surface area contributed by atoms with Gasteiger partial charge in [0.25, 0.3) is 0 Å². The van der Waals surface area contributed by atoms with Crippen LogP contribution < -0.4 is 4.74 Å². The zero-order valence-corrected chi connectivity index (χ0v) is 8.12. The average Bonchev–Trinajstić information content (AvgIpc) is 2.16. The molecule has 0 atom stereocenters. The maximum Gasteiger partial charge on any atom is 0.163 e. The van der Waals surface area contributed by atoms with Crippen molar-refractivity contribution in [3.05, 3.63) is 30.7 Å². The Hall–Kier alpha value is -1.51. The van der Waals surface area contributed by atoms with Gasteiger partial charge in [-0.2, -0.15) is 0 Å². The Kier molecular flexibility index (Phi) is 3.51. The monoisotopic (exact) mass is 193 g/mol. The number of Topliss-reactive ketones (excluding diaryl/α,β-unsaturated/α-hetero) is 1. The van der Waals surface area contributed by atoms with Crippen LogP contribution in [0.5, 0.6) is 11.5 Å². The Balaban J connectivity index is 2.89. The van der Waals surface area contributed by atoms with E-state index in [-0.39, 0.29) is 17.1 Å². The standard InChI is InChI=1S/C11H13O3/c1-3-6-14-9-4-5-11(13)10(7-9)8(2)12/h4-5,7,13H,1,3,6H2,2H3. The molecule has 0 bridgehead atoms. The van der Waals surface area contributed by atoms with Gasteiger partial charge in [-0.3, -0.25) is 4.79 Å². The third kappa shape index (κ3) is 2.49. The fraction of sp³-hybridized carbons (Fsp3) is 0.273. The second-order valence-corrected chi connectivity index (χ2v) is 2.94. The van der Waals surface area contributed by atoms with Crippen molar-refractivity contribution in [3.8, 4) is 11.5 Å². The molecule has 0 saturated heterocycles. The molecule has 0 unspecified atom stereocenters. The van der Waals surface area contributed by atoms with Crippen molar-refractivity contribution in [2.75, 3.05) is 6.61 Å². The van der Waals surface area contributed by atoms with Crippen molar-refractivity contribution in [1.29, 1.82) is 0 Å². The lowest BCUT2D eigenvalue weighted by molar-refractivity contribution is 0.101. The van der Waals surface area contributed by atoms with Gasteiger partial charge in [-0.05, 0) is 38.5 Å². The molecule has 0 aliphatic rings. The molecule has 75 valence electrons. The van der Waals surface area contributed by atoms with Gasteiger partial charge in [-0.1, -0.05) is 0 Å². The van der Waals surface area contributed by atoms with Gasteiger partial charge in [0.05, 0.1) is 12.2 Å². The Labute approximate surface area is 83.3 Å². The van der Waals surface area contributed by atoms with Gasteiger partial charge in [0.1, 0.15) is 11.5 Å². The van der Waals surface area contributed by atoms with Crippen LogP contribution in [0.3, 0.4) is 0 Å². The first kappa shape index (κ1) is 10.6. The molecule has 0 heterocycles. The minimum absolute atomic E-state index is 0.0144. The minimum atomic E-state index is -0.178. The summed E-state index contributed by atoms with van der Waals surface area (Å²) in [4.78, 5) is 11.1. The molecule has 0 saturated carbocycles. The first-order valence-electron chi connectivity index (χ1n) is 4.41. The molecule has 3 heteroatoms. The van der Waals surface area contributed by atoms with Gasteiger partial charge < -0.3 is 9.84 Å². The number of rotatable bonds is 4. The molecular weight excluding hydrogens is 180 g/mol. The van der Waals surface area contributed by atoms with Crippen LogP contribution in [-0.2, 0) is 0 Å². The van der Waals surface area contributed by atoms with Crippen LogP contribution in [0.4, 0.5) is 0 Å². The molecule has 3 nitrogen and oxygen atoms in total. The average molecular weight is 193 g/mol. The molecule has 1 radical (unpaired) electrons. The SMILES string of the molecule is [CH2]CCOc1ccc(O)c(C(C)=O)c1. The molecule has 14 heavy (non-hydrogen) atoms. The highest BCUT2D eigenvalue weighted by atomic mass is 16.5. The number of ketones is 1. The van der Waals surface area contributed by atoms with E-state index in [4.69, 9.17) is 4.74 Å². The zero-order chi connectivity index (χ0) is 10.6. The summed E-state index contributed by atoms with van der Waals surface area (Å²) in [5.74, 6) is 0.388. The third-order valence-electron chi connectivity index (χ3n) is 1.76. The first-order valence-corrected chi connectivity index (χ1v) is 4.41. The summed E-state index contributed by atoms with van der Waals surface area (Å²) in [6.07, 6.45) is 0.663. The van der Waals surface area contributed by atoms with Gasteiger partial charge in [-0.15, -0.1) is 0 Å². The maximum absolute atomic E-state index is 11.1. The smallest absolute Gasteiger partial charge is 0.163 e. The number of hydrogen-bond donors (Lipinski definition) is 1. The van der Waals surface area contributed by atoms with E-state index >= 15 is 0 Å². The van der Waals surface area contributed by atoms with Gasteiger partial charge in [0.2, 0.25) is 0 Å². The van der Waals surface area contributed by atoms with Gasteiger partial charge in [0, 0.05) is 0 Å². The van der Waals surface area contributed by atoms with Crippen molar-refractivity contribution in [3.63, 3.8) is 0 Å². The van der Waals surface area contributed by atoms with E-state index in [1.165, 1.54) is 19.1 Å². The Morgan fingerprint density at radius 2 is 2.29 bits per heavy atom. The van der Waals surface area contributed by atoms with Crippen molar-refractivity contribution in [2.24, 2.45) is 0 Å². The number of carbonyl (C=O) groups excluding carboxylic acids is 1. The summed E-state index contributed by atoms with van der Waals surface area (Å²) in [6, 6.07) is 4.61. The van der Waals surface area contributed by atoms with E-state index in [0.717, 1.165) is 0 Å². The molecule has 0 aromatic heterocycles. The first-order chi connectivity index (χ1) is 6.65. The largest absolute Gasteiger partial charge is 0.507 e. The van der Waals surface area contributed by atoms with Gasteiger partial charge in [0.15, 0.2) is 5.78 Å². The summed E-state index contributed by atoms with van der Waals surface area (Å²) in [6.45, 7) is 5.54. The zero-order valence-electron chi connectivity index (χ0n) is 8.12. The predicted octanol–water partition coefficient (Wildman–Crippen LogP) is 2.20. The van der Waals surface area contributed by atoms with E-state index < -0.39 is 0 Å². The molecule has 0 aliphatic heterocycles. The number of aromatic hydroxyl groups is 1. The highest BCUT2D eigenvalue weighted by Gasteiger charge is 2.07. The lowest BCUT2D eigenvalue weighted by Crippen LogP contribution is -1.98. The fourth-order valence-corrected chi connectivity index (χ4v) is 1.08. The molecule has 0 spiro atoms. The molecule has 0 fully saturated rings. The normalized spacial score (nSPS) is 9.86. The number of carbonyl (C=O) groups is 1. The summed E-state index contributed by atoms with van der Waals surface area (Å²) in [7, 11) is 0. The second-order valence-electron chi connectivity index (χ2n) is 2.94. The molecular formula is C11H13O3. The summed E-state index contributed by atoms with van der Waals surface area (Å²) in [5.41, 5.74) is 0.284. The number of hydrogen-bond acceptors (Lipinski definition) is 3. The summed E-state index contributed by atoms with van der Waals surface area (Å²) >= 11 is 0. The number of benzene rings is 1. The van der Waals surface area contributed by atoms with Gasteiger partial charge >= 0.3 is 0 Å². The van der Waals surface area contributed by atoms with Crippen LogP contribution in [0, 0.1) is 6.92 Å². The van der Waals surface area contributed by atoms with E-state index in [1.807, 2.05) is 0 Å². The van der Waals surface area contributed by atoms with Crippen molar-refractivity contribution in [1.82, 2.24) is 0 Å². The molecule has 1 aromatic rings. The van der Waals surface area contributed by atoms with Crippen LogP contribution in [0.2, 0.25) is 0 Å². The van der Waals surface area contributed by atoms with Crippen LogP contribution >= 0.6 is 0 Å². The van der Waals surface area contributed by atoms with Crippen LogP contribution in [0.15, 0.2) is 18.2 Å². The van der Waals surface area contributed by atoms with E-state index in [9.17, 15) is 9.90 Å². The molecule has 1 aromatic carbocycles. The van der Waals surface area contributed by atoms with Crippen LogP contribution in [-0.4, -0.2) is 17.5 Å². The fourth-order valence-electron chi connectivity index (χ4n) is 1.08. The molecule has 1 rings (SSSR count). The third-order valence-corrected chi connectivity index (χ3v) is 1.76. The van der Waals surface area contributed by atoms with Crippen molar-refractivity contribution < 1.29 is 14.6 Å². The molecule has 1 N–H and O–H groups in total. The summed E-state index contributed by atoms with van der Waals surface area (Å²) in [5, 5.41) is 9.34. The quantitative estimate of drug-likeness (QED) is 0.745. The highest BCUT2D eigenvalue weighted by molar-refractivity contribution is 5.97. The Morgan fingerprint density at radius 3 is 2.86 bits per heavy atom. The highest BCUT2D eigenvalue weighted by Crippen LogP contribution is 2.23. The van der Waals surface area contributed by atoms with E-state index in [2.05, 4.69) is 6.92 Å². The molecule has 0 amide bonds. The minimum Gasteiger partial charge on any atom is -0.507 e. The van der Waals surface area contributed by atoms with Crippen LogP contribution in [0.25, 0.3) is 0 Å². The van der Waals surface area contributed by atoms with E-state index in [0.29, 0.717) is 18.8 Å². The number of phenolic OH excluding ortho intramolecular Hbond substituents is 1. The summed E-state index contributed by atoms with van der Waals surface area (Å²) < 4.78 is 5.28. The lowest BCUT2D eigenvalue weighted by atomic mass is 10.1. The second kappa shape index (κ2) is 4.65. The molecule has 0 aliphatic carbocycles. The van der Waals surface area contributed by atoms with Crippen molar-refractivity contribution in [2.45, 2.75) is 13.3 Å². The topological polar surface area (TPSA) is 46.5 Å². The van der Waals surface area contributed by atoms with Crippen molar-refractivity contribution >= 4 is 5.78 Å². The Morgan fingerprint density at radius 1 is 1.57 bits per heavy atom. The maximum atomic E-state index is 11.1. The number of ether oxygens (including phenoxy) is 1. The van der Waals surface area contributed by atoms with Crippen LogP contribution in [0.1, 0.15) is 23.7 Å². The lowest BCUT2D eigenvalue weighted by Gasteiger charge is -2.06. The van der Waals surface area contributed by atoms with E-state index in [1.54, 1.807) is 6.07 Å². The predicted molar refractivity (Wildman–Crippen MR) is 53.6 cm³/mol. The van der Waals surface area contributed by atoms with Gasteiger partial charge in [-0.25, -0.2) is 0 Å². The number of phenols is 1.